The molecule has 0 radical (unpaired) electrons. The molecule has 0 spiro atoms. The molecule has 138 valence electrons. The molecule has 0 aliphatic heterocycles. The van der Waals surface area contributed by atoms with E-state index in [1.165, 1.54) is 0 Å². The molecule has 2 N–H and O–H groups in total. The highest BCUT2D eigenvalue weighted by molar-refractivity contribution is 5.90. The first-order valence-corrected chi connectivity index (χ1v) is 8.41. The van der Waals surface area contributed by atoms with Crippen LogP contribution in [0.4, 0.5) is 21.9 Å². The van der Waals surface area contributed by atoms with Gasteiger partial charge in [-0.15, -0.1) is 0 Å². The third-order valence-corrected chi connectivity index (χ3v) is 3.21. The molecule has 0 fully saturated rings. The number of esters is 1. The zero-order chi connectivity index (χ0) is 19.2. The highest BCUT2D eigenvalue weighted by Gasteiger charge is 2.16. The van der Waals surface area contributed by atoms with Gasteiger partial charge in [0.15, 0.2) is 0 Å². The monoisotopic (exact) mass is 356 g/mol. The Morgan fingerprint density at radius 3 is 1.88 bits per heavy atom. The van der Waals surface area contributed by atoms with Crippen LogP contribution in [-0.2, 0) is 9.47 Å². The van der Waals surface area contributed by atoms with E-state index in [0.29, 0.717) is 17.9 Å². The summed E-state index contributed by atoms with van der Waals surface area (Å²) in [6, 6.07) is 14.3. The van der Waals surface area contributed by atoms with Gasteiger partial charge in [-0.3, -0.25) is 5.32 Å². The number of anilines is 3. The Kier molecular flexibility index (Phi) is 6.22. The number of carbonyl (C=O) groups excluding carboxylic acids is 2. The molecular formula is C20H24N2O4. The van der Waals surface area contributed by atoms with Gasteiger partial charge in [0, 0.05) is 17.1 Å². The van der Waals surface area contributed by atoms with Crippen molar-refractivity contribution in [3.05, 3.63) is 54.1 Å². The van der Waals surface area contributed by atoms with E-state index >= 15 is 0 Å². The number of rotatable bonds is 5. The summed E-state index contributed by atoms with van der Waals surface area (Å²) in [4.78, 5) is 23.4. The lowest BCUT2D eigenvalue weighted by Gasteiger charge is -2.19. The Hall–Kier alpha value is -3.02. The first kappa shape index (κ1) is 19.3. The van der Waals surface area contributed by atoms with Crippen molar-refractivity contribution in [1.29, 1.82) is 0 Å². The molecule has 0 aromatic heterocycles. The maximum absolute atomic E-state index is 11.8. The third kappa shape index (κ3) is 6.12. The number of carbonyl (C=O) groups is 2. The lowest BCUT2D eigenvalue weighted by atomic mass is 10.2. The van der Waals surface area contributed by atoms with Crippen molar-refractivity contribution in [3.63, 3.8) is 0 Å². The van der Waals surface area contributed by atoms with Crippen molar-refractivity contribution in [3.8, 4) is 0 Å². The van der Waals surface area contributed by atoms with Gasteiger partial charge in [0.25, 0.3) is 0 Å². The third-order valence-electron chi connectivity index (χ3n) is 3.21. The molecular weight excluding hydrogens is 332 g/mol. The van der Waals surface area contributed by atoms with E-state index in [9.17, 15) is 9.59 Å². The van der Waals surface area contributed by atoms with Gasteiger partial charge >= 0.3 is 12.1 Å². The normalized spacial score (nSPS) is 10.8. The molecule has 26 heavy (non-hydrogen) atoms. The smallest absolute Gasteiger partial charge is 0.412 e. The molecule has 0 saturated heterocycles. The maximum atomic E-state index is 11.8. The Balaban J connectivity index is 1.94. The predicted octanol–water partition coefficient (Wildman–Crippen LogP) is 4.95. The van der Waals surface area contributed by atoms with Crippen molar-refractivity contribution in [2.75, 3.05) is 17.2 Å². The summed E-state index contributed by atoms with van der Waals surface area (Å²) in [7, 11) is 0. The quantitative estimate of drug-likeness (QED) is 0.741. The van der Waals surface area contributed by atoms with E-state index in [4.69, 9.17) is 9.47 Å². The lowest BCUT2D eigenvalue weighted by molar-refractivity contribution is 0.0525. The summed E-state index contributed by atoms with van der Waals surface area (Å²) in [5.41, 5.74) is 2.30. The first-order chi connectivity index (χ1) is 12.3. The molecule has 0 heterocycles. The maximum Gasteiger partial charge on any atom is 0.412 e. The van der Waals surface area contributed by atoms with Crippen molar-refractivity contribution >= 4 is 29.1 Å². The fraction of sp³-hybridized carbons (Fsp3) is 0.300. The van der Waals surface area contributed by atoms with Crippen LogP contribution >= 0.6 is 0 Å². The molecule has 6 heteroatoms. The minimum atomic E-state index is -0.540. The van der Waals surface area contributed by atoms with Gasteiger partial charge < -0.3 is 14.8 Å². The number of ether oxygens (including phenoxy) is 2. The Labute approximate surface area is 153 Å². The van der Waals surface area contributed by atoms with Gasteiger partial charge in [-0.05, 0) is 76.2 Å². The molecule has 0 bridgehead atoms. The van der Waals surface area contributed by atoms with Crippen LogP contribution in [0, 0.1) is 0 Å². The largest absolute Gasteiger partial charge is 0.462 e. The van der Waals surface area contributed by atoms with Gasteiger partial charge in [-0.1, -0.05) is 0 Å². The van der Waals surface area contributed by atoms with Crippen molar-refractivity contribution < 1.29 is 19.1 Å². The van der Waals surface area contributed by atoms with Crippen LogP contribution in [0.15, 0.2) is 48.5 Å². The average Bonchev–Trinajstić information content (AvgIpc) is 2.56. The summed E-state index contributed by atoms with van der Waals surface area (Å²) >= 11 is 0. The van der Waals surface area contributed by atoms with Gasteiger partial charge in [-0.2, -0.15) is 0 Å². The number of nitrogens with one attached hydrogen (secondary N) is 2. The van der Waals surface area contributed by atoms with Gasteiger partial charge in [0.1, 0.15) is 5.60 Å². The molecule has 2 aromatic carbocycles. The molecule has 0 atom stereocenters. The minimum Gasteiger partial charge on any atom is -0.462 e. The number of hydrogen-bond acceptors (Lipinski definition) is 5. The van der Waals surface area contributed by atoms with Gasteiger partial charge in [-0.25, -0.2) is 9.59 Å². The van der Waals surface area contributed by atoms with Gasteiger partial charge in [0.05, 0.1) is 12.2 Å². The van der Waals surface area contributed by atoms with Crippen LogP contribution in [0.1, 0.15) is 38.1 Å². The minimum absolute atomic E-state index is 0.336. The van der Waals surface area contributed by atoms with E-state index < -0.39 is 11.7 Å². The van der Waals surface area contributed by atoms with Crippen LogP contribution in [0.25, 0.3) is 0 Å². The lowest BCUT2D eigenvalue weighted by Crippen LogP contribution is -2.27. The highest BCUT2D eigenvalue weighted by Crippen LogP contribution is 2.20. The average molecular weight is 356 g/mol. The standard InChI is InChI=1S/C20H24N2O4/c1-5-25-18(23)14-6-8-15(9-7-14)21-16-10-12-17(13-11-16)22-19(24)26-20(2,3)4/h6-13,21H,5H2,1-4H3,(H,22,24). The Morgan fingerprint density at radius 1 is 0.885 bits per heavy atom. The molecule has 6 nitrogen and oxygen atoms in total. The second-order valence-electron chi connectivity index (χ2n) is 6.63. The first-order valence-electron chi connectivity index (χ1n) is 8.41. The molecule has 2 aromatic rings. The van der Waals surface area contributed by atoms with Crippen LogP contribution in [0.3, 0.4) is 0 Å². The predicted molar refractivity (Wildman–Crippen MR) is 102 cm³/mol. The summed E-state index contributed by atoms with van der Waals surface area (Å²) < 4.78 is 10.2. The molecule has 2 rings (SSSR count). The molecule has 0 aliphatic rings. The second-order valence-corrected chi connectivity index (χ2v) is 6.63. The fourth-order valence-corrected chi connectivity index (χ4v) is 2.13. The second kappa shape index (κ2) is 8.38. The number of benzene rings is 2. The fourth-order valence-electron chi connectivity index (χ4n) is 2.13. The van der Waals surface area contributed by atoms with Crippen LogP contribution in [0.5, 0.6) is 0 Å². The van der Waals surface area contributed by atoms with Crippen LogP contribution in [-0.4, -0.2) is 24.3 Å². The van der Waals surface area contributed by atoms with Crippen molar-refractivity contribution in [1.82, 2.24) is 0 Å². The molecule has 1 amide bonds. The van der Waals surface area contributed by atoms with E-state index in [0.717, 1.165) is 11.4 Å². The zero-order valence-electron chi connectivity index (χ0n) is 15.5. The summed E-state index contributed by atoms with van der Waals surface area (Å²) in [6.07, 6.45) is -0.493. The summed E-state index contributed by atoms with van der Waals surface area (Å²) in [5.74, 6) is -0.336. The van der Waals surface area contributed by atoms with E-state index in [1.54, 1.807) is 43.3 Å². The van der Waals surface area contributed by atoms with E-state index in [2.05, 4.69) is 10.6 Å². The van der Waals surface area contributed by atoms with E-state index in [-0.39, 0.29) is 5.97 Å². The van der Waals surface area contributed by atoms with Crippen LogP contribution < -0.4 is 10.6 Å². The highest BCUT2D eigenvalue weighted by atomic mass is 16.6. The van der Waals surface area contributed by atoms with E-state index in [1.807, 2.05) is 32.9 Å². The number of hydrogen-bond donors (Lipinski definition) is 2. The topological polar surface area (TPSA) is 76.7 Å². The zero-order valence-corrected chi connectivity index (χ0v) is 15.5. The molecule has 0 aliphatic carbocycles. The summed E-state index contributed by atoms with van der Waals surface area (Å²) in [6.45, 7) is 7.56. The SMILES string of the molecule is CCOC(=O)c1ccc(Nc2ccc(NC(=O)OC(C)(C)C)cc2)cc1. The van der Waals surface area contributed by atoms with Crippen molar-refractivity contribution in [2.24, 2.45) is 0 Å². The molecule has 0 saturated carbocycles. The molecule has 0 unspecified atom stereocenters. The Bertz CT molecular complexity index is 747. The van der Waals surface area contributed by atoms with Gasteiger partial charge in [0.2, 0.25) is 0 Å². The van der Waals surface area contributed by atoms with Crippen LogP contribution in [0.2, 0.25) is 0 Å². The Morgan fingerprint density at radius 2 is 1.38 bits per heavy atom. The number of amides is 1. The van der Waals surface area contributed by atoms with Crippen molar-refractivity contribution in [2.45, 2.75) is 33.3 Å². The summed E-state index contributed by atoms with van der Waals surface area (Å²) in [5, 5.41) is 5.91.